The highest BCUT2D eigenvalue weighted by Gasteiger charge is 2.14. The zero-order chi connectivity index (χ0) is 14.5. The fourth-order valence-corrected chi connectivity index (χ4v) is 2.31. The second-order valence-corrected chi connectivity index (χ2v) is 5.07. The smallest absolute Gasteiger partial charge is 0.107 e. The molecule has 0 radical (unpaired) electrons. The minimum atomic E-state index is 0.207. The molecule has 2 rings (SSSR count). The van der Waals surface area contributed by atoms with Crippen molar-refractivity contribution in [3.05, 3.63) is 36.0 Å². The van der Waals surface area contributed by atoms with Gasteiger partial charge in [-0.15, -0.1) is 0 Å². The van der Waals surface area contributed by atoms with Crippen molar-refractivity contribution in [2.24, 2.45) is 5.73 Å². The van der Waals surface area contributed by atoms with Gasteiger partial charge in [-0.25, -0.2) is 0 Å². The SMILES string of the molecule is CCC(COC)Nc1c(C(N)=S)cnc2ccccc12. The van der Waals surface area contributed by atoms with Crippen molar-refractivity contribution in [1.82, 2.24) is 4.98 Å². The van der Waals surface area contributed by atoms with Crippen molar-refractivity contribution < 1.29 is 4.74 Å². The molecule has 0 aliphatic heterocycles. The number of pyridine rings is 1. The highest BCUT2D eigenvalue weighted by molar-refractivity contribution is 7.80. The molecule has 5 heteroatoms. The van der Waals surface area contributed by atoms with E-state index < -0.39 is 0 Å². The Bertz CT molecular complexity index is 615. The van der Waals surface area contributed by atoms with E-state index in [1.165, 1.54) is 0 Å². The van der Waals surface area contributed by atoms with E-state index in [0.717, 1.165) is 28.6 Å². The first kappa shape index (κ1) is 14.7. The Balaban J connectivity index is 2.51. The Hall–Kier alpha value is -1.72. The van der Waals surface area contributed by atoms with E-state index in [1.807, 2.05) is 24.3 Å². The standard InChI is InChI=1S/C15H19N3OS/c1-3-10(9-19-2)18-14-11-6-4-5-7-13(11)17-8-12(14)15(16)20/h4-8,10H,3,9H2,1-2H3,(H2,16,20)(H,17,18). The summed E-state index contributed by atoms with van der Waals surface area (Å²) in [5.74, 6) is 0. The van der Waals surface area contributed by atoms with Crippen LogP contribution in [-0.2, 0) is 4.74 Å². The van der Waals surface area contributed by atoms with Crippen molar-refractivity contribution in [2.45, 2.75) is 19.4 Å². The van der Waals surface area contributed by atoms with E-state index in [0.29, 0.717) is 11.6 Å². The molecule has 20 heavy (non-hydrogen) atoms. The molecule has 0 saturated heterocycles. The van der Waals surface area contributed by atoms with Crippen LogP contribution < -0.4 is 11.1 Å². The molecular weight excluding hydrogens is 270 g/mol. The van der Waals surface area contributed by atoms with E-state index in [4.69, 9.17) is 22.7 Å². The van der Waals surface area contributed by atoms with Gasteiger partial charge in [0.05, 0.1) is 23.4 Å². The van der Waals surface area contributed by atoms with Crippen molar-refractivity contribution >= 4 is 33.8 Å². The van der Waals surface area contributed by atoms with Gasteiger partial charge in [0, 0.05) is 24.7 Å². The van der Waals surface area contributed by atoms with Crippen LogP contribution in [0.4, 0.5) is 5.69 Å². The summed E-state index contributed by atoms with van der Waals surface area (Å²) in [6.45, 7) is 2.74. The molecule has 0 bridgehead atoms. The van der Waals surface area contributed by atoms with Crippen molar-refractivity contribution in [1.29, 1.82) is 0 Å². The second-order valence-electron chi connectivity index (χ2n) is 4.63. The molecule has 2 aromatic rings. The maximum absolute atomic E-state index is 5.82. The Morgan fingerprint density at radius 1 is 1.45 bits per heavy atom. The van der Waals surface area contributed by atoms with Gasteiger partial charge < -0.3 is 15.8 Å². The lowest BCUT2D eigenvalue weighted by Gasteiger charge is -2.21. The number of rotatable bonds is 6. The number of benzene rings is 1. The molecule has 3 N–H and O–H groups in total. The summed E-state index contributed by atoms with van der Waals surface area (Å²) in [5.41, 5.74) is 8.44. The molecule has 0 saturated carbocycles. The molecule has 0 fully saturated rings. The van der Waals surface area contributed by atoms with E-state index in [1.54, 1.807) is 13.3 Å². The molecule has 4 nitrogen and oxygen atoms in total. The molecule has 0 aliphatic rings. The van der Waals surface area contributed by atoms with Crippen LogP contribution in [-0.4, -0.2) is 29.7 Å². The fourth-order valence-electron chi connectivity index (χ4n) is 2.15. The predicted octanol–water partition coefficient (Wildman–Crippen LogP) is 2.71. The fraction of sp³-hybridized carbons (Fsp3) is 0.333. The second kappa shape index (κ2) is 6.63. The molecule has 1 unspecified atom stereocenters. The summed E-state index contributed by atoms with van der Waals surface area (Å²) in [4.78, 5) is 4.75. The number of para-hydroxylation sites is 1. The molecule has 106 valence electrons. The quantitative estimate of drug-likeness (QED) is 0.801. The number of hydrogen-bond donors (Lipinski definition) is 2. The molecule has 1 heterocycles. The highest BCUT2D eigenvalue weighted by Crippen LogP contribution is 2.27. The predicted molar refractivity (Wildman–Crippen MR) is 87.2 cm³/mol. The van der Waals surface area contributed by atoms with Crippen LogP contribution in [0.5, 0.6) is 0 Å². The molecule has 0 aliphatic carbocycles. The van der Waals surface area contributed by atoms with Gasteiger partial charge in [0.25, 0.3) is 0 Å². The molecule has 1 aromatic carbocycles. The number of methoxy groups -OCH3 is 1. The number of ether oxygens (including phenoxy) is 1. The third kappa shape index (κ3) is 3.05. The molecule has 0 amide bonds. The maximum atomic E-state index is 5.82. The average molecular weight is 289 g/mol. The zero-order valence-corrected chi connectivity index (χ0v) is 12.5. The largest absolute Gasteiger partial charge is 0.389 e. The van der Waals surface area contributed by atoms with E-state index >= 15 is 0 Å². The third-order valence-electron chi connectivity index (χ3n) is 3.25. The summed E-state index contributed by atoms with van der Waals surface area (Å²) < 4.78 is 5.24. The normalized spacial score (nSPS) is 12.3. The summed E-state index contributed by atoms with van der Waals surface area (Å²) in [6.07, 6.45) is 2.67. The number of hydrogen-bond acceptors (Lipinski definition) is 4. The lowest BCUT2D eigenvalue weighted by molar-refractivity contribution is 0.184. The van der Waals surface area contributed by atoms with Crippen molar-refractivity contribution in [2.75, 3.05) is 19.0 Å². The molecule has 1 aromatic heterocycles. The topological polar surface area (TPSA) is 60.2 Å². The van der Waals surface area contributed by atoms with Crippen molar-refractivity contribution in [3.8, 4) is 0 Å². The van der Waals surface area contributed by atoms with Gasteiger partial charge in [-0.05, 0) is 12.5 Å². The Labute approximate surface area is 124 Å². The van der Waals surface area contributed by atoms with Crippen molar-refractivity contribution in [3.63, 3.8) is 0 Å². The van der Waals surface area contributed by atoms with Crippen LogP contribution in [0.15, 0.2) is 30.5 Å². The lowest BCUT2D eigenvalue weighted by atomic mass is 10.1. The van der Waals surface area contributed by atoms with Gasteiger partial charge in [0.15, 0.2) is 0 Å². The van der Waals surface area contributed by atoms with Gasteiger partial charge >= 0.3 is 0 Å². The number of nitrogens with zero attached hydrogens (tertiary/aromatic N) is 1. The Morgan fingerprint density at radius 2 is 2.20 bits per heavy atom. The first-order valence-electron chi connectivity index (χ1n) is 6.60. The Morgan fingerprint density at radius 3 is 2.85 bits per heavy atom. The minimum Gasteiger partial charge on any atom is -0.389 e. The molecular formula is C15H19N3OS. The van der Waals surface area contributed by atoms with Crippen LogP contribution in [0.2, 0.25) is 0 Å². The summed E-state index contributed by atoms with van der Waals surface area (Å²) >= 11 is 5.13. The molecule has 0 spiro atoms. The first-order valence-corrected chi connectivity index (χ1v) is 7.01. The van der Waals surface area contributed by atoms with Gasteiger partial charge in [0.2, 0.25) is 0 Å². The summed E-state index contributed by atoms with van der Waals surface area (Å²) in [7, 11) is 1.70. The number of nitrogens with one attached hydrogen (secondary N) is 1. The summed E-state index contributed by atoms with van der Waals surface area (Å²) in [6, 6.07) is 8.15. The first-order chi connectivity index (χ1) is 9.67. The number of nitrogens with two attached hydrogens (primary N) is 1. The number of thiocarbonyl (C=S) groups is 1. The average Bonchev–Trinajstić information content (AvgIpc) is 2.46. The maximum Gasteiger partial charge on any atom is 0.107 e. The van der Waals surface area contributed by atoms with E-state index in [2.05, 4.69) is 17.2 Å². The highest BCUT2D eigenvalue weighted by atomic mass is 32.1. The third-order valence-corrected chi connectivity index (χ3v) is 3.47. The van der Waals surface area contributed by atoms with Crippen LogP contribution in [0.3, 0.4) is 0 Å². The Kier molecular flexibility index (Phi) is 4.87. The van der Waals surface area contributed by atoms with Gasteiger partial charge in [0.1, 0.15) is 4.99 Å². The van der Waals surface area contributed by atoms with E-state index in [9.17, 15) is 0 Å². The number of fused-ring (bicyclic) bond motifs is 1. The minimum absolute atomic E-state index is 0.207. The van der Waals surface area contributed by atoms with Crippen LogP contribution in [0, 0.1) is 0 Å². The van der Waals surface area contributed by atoms with Gasteiger partial charge in [-0.1, -0.05) is 37.3 Å². The summed E-state index contributed by atoms with van der Waals surface area (Å²) in [5, 5.41) is 4.51. The van der Waals surface area contributed by atoms with Crippen LogP contribution in [0.25, 0.3) is 10.9 Å². The monoisotopic (exact) mass is 289 g/mol. The van der Waals surface area contributed by atoms with Gasteiger partial charge in [-0.2, -0.15) is 0 Å². The zero-order valence-electron chi connectivity index (χ0n) is 11.7. The lowest BCUT2D eigenvalue weighted by Crippen LogP contribution is -2.26. The number of anilines is 1. The molecule has 1 atom stereocenters. The van der Waals surface area contributed by atoms with Crippen LogP contribution >= 0.6 is 12.2 Å². The van der Waals surface area contributed by atoms with Gasteiger partial charge in [-0.3, -0.25) is 4.98 Å². The number of aromatic nitrogens is 1. The van der Waals surface area contributed by atoms with E-state index in [-0.39, 0.29) is 6.04 Å². The van der Waals surface area contributed by atoms with Crippen LogP contribution in [0.1, 0.15) is 18.9 Å².